The largest absolute Gasteiger partial charge is 0.461 e. The van der Waals surface area contributed by atoms with E-state index in [0.29, 0.717) is 18.8 Å². The Morgan fingerprint density at radius 3 is 2.60 bits per heavy atom. The molecule has 0 atom stereocenters. The highest BCUT2D eigenvalue weighted by Crippen LogP contribution is 2.22. The zero-order chi connectivity index (χ0) is 14.4. The Kier molecular flexibility index (Phi) is 4.99. The number of benzene rings is 1. The minimum atomic E-state index is 0.0800. The van der Waals surface area contributed by atoms with E-state index in [1.165, 1.54) is 0 Å². The summed E-state index contributed by atoms with van der Waals surface area (Å²) in [5, 5.41) is 2.91. The van der Waals surface area contributed by atoms with E-state index in [1.54, 1.807) is 0 Å². The van der Waals surface area contributed by atoms with Gasteiger partial charge in [-0.15, -0.1) is 0 Å². The Balaban J connectivity index is 1.86. The fourth-order valence-corrected chi connectivity index (χ4v) is 1.91. The van der Waals surface area contributed by atoms with Crippen LogP contribution in [0.4, 0.5) is 0 Å². The van der Waals surface area contributed by atoms with Crippen molar-refractivity contribution in [2.45, 2.75) is 26.7 Å². The zero-order valence-corrected chi connectivity index (χ0v) is 12.1. The molecule has 2 rings (SSSR count). The van der Waals surface area contributed by atoms with Crippen LogP contribution < -0.4 is 5.32 Å². The molecule has 0 spiro atoms. The van der Waals surface area contributed by atoms with Crippen molar-refractivity contribution in [1.82, 2.24) is 5.32 Å². The van der Waals surface area contributed by atoms with Gasteiger partial charge in [0, 0.05) is 24.9 Å². The van der Waals surface area contributed by atoms with Gasteiger partial charge >= 0.3 is 0 Å². The average molecular weight is 271 g/mol. The van der Waals surface area contributed by atoms with E-state index in [9.17, 15) is 4.79 Å². The maximum atomic E-state index is 11.6. The Morgan fingerprint density at radius 1 is 1.15 bits per heavy atom. The highest BCUT2D eigenvalue weighted by molar-refractivity contribution is 5.76. The molecule has 0 unspecified atom stereocenters. The van der Waals surface area contributed by atoms with Gasteiger partial charge in [-0.1, -0.05) is 44.2 Å². The van der Waals surface area contributed by atoms with Crippen LogP contribution in [0.3, 0.4) is 0 Å². The average Bonchev–Trinajstić information content (AvgIpc) is 2.93. The molecule has 1 N–H and O–H groups in total. The van der Waals surface area contributed by atoms with Crippen molar-refractivity contribution in [2.75, 3.05) is 6.54 Å². The van der Waals surface area contributed by atoms with Gasteiger partial charge in [0.2, 0.25) is 5.91 Å². The van der Waals surface area contributed by atoms with Gasteiger partial charge in [-0.2, -0.15) is 0 Å². The van der Waals surface area contributed by atoms with E-state index in [4.69, 9.17) is 4.42 Å². The van der Waals surface area contributed by atoms with Gasteiger partial charge in [0.15, 0.2) is 0 Å². The second kappa shape index (κ2) is 6.94. The van der Waals surface area contributed by atoms with Gasteiger partial charge < -0.3 is 9.73 Å². The van der Waals surface area contributed by atoms with E-state index < -0.39 is 0 Å². The Morgan fingerprint density at radius 2 is 1.90 bits per heavy atom. The molecule has 1 aromatic carbocycles. The number of nitrogens with one attached hydrogen (secondary N) is 1. The maximum Gasteiger partial charge on any atom is 0.220 e. The van der Waals surface area contributed by atoms with E-state index in [2.05, 4.69) is 19.2 Å². The van der Waals surface area contributed by atoms with Crippen LogP contribution in [0.2, 0.25) is 0 Å². The van der Waals surface area contributed by atoms with Gasteiger partial charge in [-0.05, 0) is 18.1 Å². The fraction of sp³-hybridized carbons (Fsp3) is 0.353. The van der Waals surface area contributed by atoms with Crippen molar-refractivity contribution in [1.29, 1.82) is 0 Å². The molecule has 0 aliphatic carbocycles. The van der Waals surface area contributed by atoms with Crippen LogP contribution in [0.5, 0.6) is 0 Å². The van der Waals surface area contributed by atoms with Crippen LogP contribution >= 0.6 is 0 Å². The molecule has 0 radical (unpaired) electrons. The van der Waals surface area contributed by atoms with Gasteiger partial charge in [0.1, 0.15) is 11.5 Å². The molecular formula is C17H21NO2. The zero-order valence-electron chi connectivity index (χ0n) is 12.1. The molecule has 106 valence electrons. The van der Waals surface area contributed by atoms with Crippen molar-refractivity contribution < 1.29 is 9.21 Å². The van der Waals surface area contributed by atoms with Crippen LogP contribution in [-0.2, 0) is 11.2 Å². The lowest BCUT2D eigenvalue weighted by Crippen LogP contribution is -2.27. The molecule has 0 aliphatic heterocycles. The van der Waals surface area contributed by atoms with Gasteiger partial charge in [0.25, 0.3) is 0 Å². The molecule has 1 aromatic heterocycles. The lowest BCUT2D eigenvalue weighted by Gasteiger charge is -2.06. The van der Waals surface area contributed by atoms with Crippen molar-refractivity contribution in [2.24, 2.45) is 5.92 Å². The third-order valence-electron chi connectivity index (χ3n) is 3.03. The van der Waals surface area contributed by atoms with Crippen LogP contribution in [0.1, 0.15) is 26.0 Å². The molecule has 0 saturated heterocycles. The number of hydrogen-bond donors (Lipinski definition) is 1. The molecule has 3 heteroatoms. The second-order valence-corrected chi connectivity index (χ2v) is 5.33. The molecule has 1 heterocycles. The normalized spacial score (nSPS) is 10.8. The summed E-state index contributed by atoms with van der Waals surface area (Å²) in [7, 11) is 0. The number of hydrogen-bond acceptors (Lipinski definition) is 2. The van der Waals surface area contributed by atoms with Crippen molar-refractivity contribution in [3.63, 3.8) is 0 Å². The summed E-state index contributed by atoms with van der Waals surface area (Å²) in [5.74, 6) is 2.26. The predicted octanol–water partition coefficient (Wildman–Crippen LogP) is 3.65. The highest BCUT2D eigenvalue weighted by atomic mass is 16.3. The molecule has 0 fully saturated rings. The quantitative estimate of drug-likeness (QED) is 0.871. The topological polar surface area (TPSA) is 42.2 Å². The third-order valence-corrected chi connectivity index (χ3v) is 3.03. The van der Waals surface area contributed by atoms with Crippen molar-refractivity contribution in [3.8, 4) is 11.3 Å². The molecule has 2 aromatic rings. The van der Waals surface area contributed by atoms with Gasteiger partial charge in [0.05, 0.1) is 0 Å². The number of furan rings is 1. The molecular weight excluding hydrogens is 250 g/mol. The first-order valence-corrected chi connectivity index (χ1v) is 7.06. The van der Waals surface area contributed by atoms with Crippen molar-refractivity contribution >= 4 is 5.91 Å². The molecule has 20 heavy (non-hydrogen) atoms. The summed E-state index contributed by atoms with van der Waals surface area (Å²) < 4.78 is 5.77. The van der Waals surface area contributed by atoms with Gasteiger partial charge in [-0.3, -0.25) is 4.79 Å². The summed E-state index contributed by atoms with van der Waals surface area (Å²) in [5.41, 5.74) is 1.06. The van der Waals surface area contributed by atoms with Crippen LogP contribution in [0.15, 0.2) is 46.9 Å². The lowest BCUT2D eigenvalue weighted by atomic mass is 10.2. The highest BCUT2D eigenvalue weighted by Gasteiger charge is 2.07. The first-order chi connectivity index (χ1) is 9.65. The SMILES string of the molecule is CC(C)CNC(=O)CCc1ccc(-c2ccccc2)o1. The predicted molar refractivity (Wildman–Crippen MR) is 80.3 cm³/mol. The second-order valence-electron chi connectivity index (χ2n) is 5.33. The van der Waals surface area contributed by atoms with Crippen LogP contribution in [-0.4, -0.2) is 12.5 Å². The van der Waals surface area contributed by atoms with Crippen molar-refractivity contribution in [3.05, 3.63) is 48.2 Å². The first kappa shape index (κ1) is 14.4. The number of aryl methyl sites for hydroxylation is 1. The monoisotopic (exact) mass is 271 g/mol. The Hall–Kier alpha value is -2.03. The summed E-state index contributed by atoms with van der Waals surface area (Å²) in [4.78, 5) is 11.6. The van der Waals surface area contributed by atoms with E-state index in [0.717, 1.165) is 23.6 Å². The maximum absolute atomic E-state index is 11.6. The Bertz CT molecular complexity index is 543. The van der Waals surface area contributed by atoms with Crippen LogP contribution in [0, 0.1) is 5.92 Å². The van der Waals surface area contributed by atoms with E-state index in [-0.39, 0.29) is 5.91 Å². The molecule has 0 saturated carbocycles. The number of carbonyl (C=O) groups excluding carboxylic acids is 1. The van der Waals surface area contributed by atoms with Crippen LogP contribution in [0.25, 0.3) is 11.3 Å². The molecule has 0 aliphatic rings. The minimum absolute atomic E-state index is 0.0800. The van der Waals surface area contributed by atoms with Gasteiger partial charge in [-0.25, -0.2) is 0 Å². The third kappa shape index (κ3) is 4.26. The molecule has 0 bridgehead atoms. The minimum Gasteiger partial charge on any atom is -0.461 e. The van der Waals surface area contributed by atoms with E-state index >= 15 is 0 Å². The number of carbonyl (C=O) groups is 1. The summed E-state index contributed by atoms with van der Waals surface area (Å²) in [6.07, 6.45) is 1.10. The molecule has 3 nitrogen and oxygen atoms in total. The standard InChI is InChI=1S/C17H21NO2/c1-13(2)12-18-17(19)11-9-15-8-10-16(20-15)14-6-4-3-5-7-14/h3-8,10,13H,9,11-12H2,1-2H3,(H,18,19). The lowest BCUT2D eigenvalue weighted by molar-refractivity contribution is -0.121. The first-order valence-electron chi connectivity index (χ1n) is 7.06. The number of rotatable bonds is 6. The van der Waals surface area contributed by atoms with E-state index in [1.807, 2.05) is 42.5 Å². The summed E-state index contributed by atoms with van der Waals surface area (Å²) in [6.45, 7) is 4.89. The summed E-state index contributed by atoms with van der Waals surface area (Å²) >= 11 is 0. The molecule has 1 amide bonds. The summed E-state index contributed by atoms with van der Waals surface area (Å²) in [6, 6.07) is 13.9. The smallest absolute Gasteiger partial charge is 0.220 e. The Labute approximate surface area is 120 Å². The number of amides is 1. The fourth-order valence-electron chi connectivity index (χ4n) is 1.91.